The Kier molecular flexibility index (Phi) is 9.76. The van der Waals surface area contributed by atoms with E-state index in [9.17, 15) is 9.59 Å². The van der Waals surface area contributed by atoms with Crippen LogP contribution in [-0.2, 0) is 0 Å². The van der Waals surface area contributed by atoms with Gasteiger partial charge in [0.05, 0.1) is 0 Å². The molecule has 0 saturated carbocycles. The Balaban J connectivity index is 1.00. The van der Waals surface area contributed by atoms with Crippen LogP contribution in [0.3, 0.4) is 0 Å². The van der Waals surface area contributed by atoms with Crippen molar-refractivity contribution in [2.45, 2.75) is 44.9 Å². The van der Waals surface area contributed by atoms with Gasteiger partial charge in [0.1, 0.15) is 11.5 Å². The van der Waals surface area contributed by atoms with Gasteiger partial charge in [0.25, 0.3) is 0 Å². The second-order valence-electron chi connectivity index (χ2n) is 9.06. The van der Waals surface area contributed by atoms with Crippen molar-refractivity contribution in [1.29, 1.82) is 0 Å². The van der Waals surface area contributed by atoms with Crippen molar-refractivity contribution in [2.24, 2.45) is 0 Å². The molecule has 0 heterocycles. The maximum absolute atomic E-state index is 12.1. The molecular weight excluding hydrogens is 464 g/mol. The molecule has 4 aromatic carbocycles. The van der Waals surface area contributed by atoms with Crippen LogP contribution in [0.15, 0.2) is 84.9 Å². The van der Waals surface area contributed by atoms with E-state index < -0.39 is 12.2 Å². The SMILES string of the molecule is O=C(NCCCCCCCCCNC(=O)Oc1cccc2ccccc12)Oc1cccc2ccccc12. The zero-order chi connectivity index (χ0) is 25.7. The van der Waals surface area contributed by atoms with E-state index in [1.807, 2.05) is 84.9 Å². The van der Waals surface area contributed by atoms with Gasteiger partial charge >= 0.3 is 12.2 Å². The van der Waals surface area contributed by atoms with Crippen LogP contribution < -0.4 is 20.1 Å². The van der Waals surface area contributed by atoms with Gasteiger partial charge in [-0.25, -0.2) is 9.59 Å². The average molecular weight is 499 g/mol. The number of carbonyl (C=O) groups excluding carboxylic acids is 2. The van der Waals surface area contributed by atoms with Gasteiger partial charge in [0, 0.05) is 23.9 Å². The molecule has 2 amide bonds. The van der Waals surface area contributed by atoms with Gasteiger partial charge in [-0.2, -0.15) is 0 Å². The van der Waals surface area contributed by atoms with Crippen LogP contribution in [0.2, 0.25) is 0 Å². The summed E-state index contributed by atoms with van der Waals surface area (Å²) in [5.41, 5.74) is 0. The molecule has 192 valence electrons. The highest BCUT2D eigenvalue weighted by molar-refractivity contribution is 5.91. The molecule has 0 radical (unpaired) electrons. The summed E-state index contributed by atoms with van der Waals surface area (Å²) in [6.07, 6.45) is 6.52. The molecule has 0 atom stereocenters. The van der Waals surface area contributed by atoms with Crippen LogP contribution in [0.5, 0.6) is 11.5 Å². The quantitative estimate of drug-likeness (QED) is 0.197. The number of nitrogens with one attached hydrogen (secondary N) is 2. The largest absolute Gasteiger partial charge is 0.412 e. The fourth-order valence-electron chi connectivity index (χ4n) is 4.36. The number of fused-ring (bicyclic) bond motifs is 2. The van der Waals surface area contributed by atoms with Gasteiger partial charge in [0.15, 0.2) is 0 Å². The van der Waals surface area contributed by atoms with Crippen LogP contribution in [0.1, 0.15) is 44.9 Å². The molecule has 4 aromatic rings. The van der Waals surface area contributed by atoms with Crippen molar-refractivity contribution in [1.82, 2.24) is 10.6 Å². The van der Waals surface area contributed by atoms with Crippen molar-refractivity contribution in [3.05, 3.63) is 84.9 Å². The molecule has 2 N–H and O–H groups in total. The number of amides is 2. The van der Waals surface area contributed by atoms with Crippen molar-refractivity contribution in [3.8, 4) is 11.5 Å². The first-order valence-corrected chi connectivity index (χ1v) is 13.1. The zero-order valence-corrected chi connectivity index (χ0v) is 21.1. The van der Waals surface area contributed by atoms with E-state index in [1.54, 1.807) is 0 Å². The zero-order valence-electron chi connectivity index (χ0n) is 21.1. The summed E-state index contributed by atoms with van der Waals surface area (Å²) in [6.45, 7) is 1.21. The fourth-order valence-corrected chi connectivity index (χ4v) is 4.36. The van der Waals surface area contributed by atoms with E-state index in [0.29, 0.717) is 24.6 Å². The molecule has 6 heteroatoms. The predicted molar refractivity (Wildman–Crippen MR) is 148 cm³/mol. The molecule has 37 heavy (non-hydrogen) atoms. The maximum Gasteiger partial charge on any atom is 0.412 e. The summed E-state index contributed by atoms with van der Waals surface area (Å²) < 4.78 is 11.0. The standard InChI is InChI=1S/C31H34N2O4/c34-30(36-28-20-12-16-24-14-6-8-18-26(24)28)32-22-10-4-2-1-3-5-11-23-33-31(35)37-29-21-13-17-25-15-7-9-19-27(25)29/h6-9,12-21H,1-5,10-11,22-23H2,(H,32,34)(H,33,35). The highest BCUT2D eigenvalue weighted by Crippen LogP contribution is 2.26. The first-order chi connectivity index (χ1) is 18.2. The number of benzene rings is 4. The highest BCUT2D eigenvalue weighted by Gasteiger charge is 2.08. The van der Waals surface area contributed by atoms with Crippen molar-refractivity contribution >= 4 is 33.7 Å². The predicted octanol–water partition coefficient (Wildman–Crippen LogP) is 7.60. The summed E-state index contributed by atoms with van der Waals surface area (Å²) in [5, 5.41) is 9.63. The molecular formula is C31H34N2O4. The topological polar surface area (TPSA) is 76.7 Å². The molecule has 0 unspecified atom stereocenters. The monoisotopic (exact) mass is 498 g/mol. The first-order valence-electron chi connectivity index (χ1n) is 13.1. The van der Waals surface area contributed by atoms with E-state index in [-0.39, 0.29) is 0 Å². The van der Waals surface area contributed by atoms with Crippen molar-refractivity contribution in [2.75, 3.05) is 13.1 Å². The number of hydrogen-bond acceptors (Lipinski definition) is 4. The van der Waals surface area contributed by atoms with E-state index in [0.717, 1.165) is 66.5 Å². The summed E-state index contributed by atoms with van der Waals surface area (Å²) in [7, 11) is 0. The third kappa shape index (κ3) is 7.97. The number of rotatable bonds is 12. The van der Waals surface area contributed by atoms with Gasteiger partial charge < -0.3 is 20.1 Å². The molecule has 0 aliphatic rings. The minimum Gasteiger partial charge on any atom is -0.410 e. The summed E-state index contributed by atoms with van der Waals surface area (Å²) in [5.74, 6) is 1.15. The second-order valence-corrected chi connectivity index (χ2v) is 9.06. The first kappa shape index (κ1) is 26.0. The van der Waals surface area contributed by atoms with E-state index in [4.69, 9.17) is 9.47 Å². The minimum absolute atomic E-state index is 0.414. The molecule has 0 fully saturated rings. The lowest BCUT2D eigenvalue weighted by Gasteiger charge is -2.09. The van der Waals surface area contributed by atoms with Crippen molar-refractivity contribution < 1.29 is 19.1 Å². The molecule has 4 rings (SSSR count). The molecule has 6 nitrogen and oxygen atoms in total. The van der Waals surface area contributed by atoms with Crippen LogP contribution in [0.4, 0.5) is 9.59 Å². The Labute approximate surface area is 218 Å². The van der Waals surface area contributed by atoms with Gasteiger partial charge in [-0.1, -0.05) is 105 Å². The van der Waals surface area contributed by atoms with Crippen molar-refractivity contribution in [3.63, 3.8) is 0 Å². The number of carbonyl (C=O) groups is 2. The molecule has 0 aromatic heterocycles. The van der Waals surface area contributed by atoms with Gasteiger partial charge in [-0.15, -0.1) is 0 Å². The molecule has 0 aliphatic carbocycles. The molecule has 0 bridgehead atoms. The Bertz CT molecular complexity index is 1210. The summed E-state index contributed by atoms with van der Waals surface area (Å²) in [4.78, 5) is 24.3. The highest BCUT2D eigenvalue weighted by atomic mass is 16.6. The minimum atomic E-state index is -0.414. The van der Waals surface area contributed by atoms with E-state index in [1.165, 1.54) is 0 Å². The Morgan fingerprint density at radius 2 is 0.865 bits per heavy atom. The smallest absolute Gasteiger partial charge is 0.410 e. The molecule has 0 aliphatic heterocycles. The summed E-state index contributed by atoms with van der Waals surface area (Å²) in [6, 6.07) is 27.1. The summed E-state index contributed by atoms with van der Waals surface area (Å²) >= 11 is 0. The Morgan fingerprint density at radius 1 is 0.486 bits per heavy atom. The lowest BCUT2D eigenvalue weighted by atomic mass is 10.1. The van der Waals surface area contributed by atoms with Crippen LogP contribution in [-0.4, -0.2) is 25.3 Å². The van der Waals surface area contributed by atoms with E-state index >= 15 is 0 Å². The van der Waals surface area contributed by atoms with Crippen LogP contribution >= 0.6 is 0 Å². The maximum atomic E-state index is 12.1. The third-order valence-electron chi connectivity index (χ3n) is 6.30. The third-order valence-corrected chi connectivity index (χ3v) is 6.30. The normalized spacial score (nSPS) is 10.8. The lowest BCUT2D eigenvalue weighted by Crippen LogP contribution is -2.27. The second kappa shape index (κ2) is 13.9. The lowest BCUT2D eigenvalue weighted by molar-refractivity contribution is 0.200. The Morgan fingerprint density at radius 3 is 1.32 bits per heavy atom. The molecule has 0 spiro atoms. The molecule has 0 saturated heterocycles. The van der Waals surface area contributed by atoms with Crippen LogP contribution in [0, 0.1) is 0 Å². The average Bonchev–Trinajstić information content (AvgIpc) is 2.92. The Hall–Kier alpha value is -4.06. The van der Waals surface area contributed by atoms with Gasteiger partial charge in [-0.05, 0) is 35.7 Å². The number of hydrogen-bond donors (Lipinski definition) is 2. The van der Waals surface area contributed by atoms with E-state index in [2.05, 4.69) is 10.6 Å². The van der Waals surface area contributed by atoms with Gasteiger partial charge in [-0.3, -0.25) is 0 Å². The van der Waals surface area contributed by atoms with Crippen LogP contribution in [0.25, 0.3) is 21.5 Å². The fraction of sp³-hybridized carbons (Fsp3) is 0.290. The number of unbranched alkanes of at least 4 members (excludes halogenated alkanes) is 6. The number of ether oxygens (including phenoxy) is 2. The van der Waals surface area contributed by atoms with Gasteiger partial charge in [0.2, 0.25) is 0 Å².